The van der Waals surface area contributed by atoms with Gasteiger partial charge in [0.1, 0.15) is 5.54 Å². The highest BCUT2D eigenvalue weighted by Crippen LogP contribution is 2.28. The van der Waals surface area contributed by atoms with E-state index >= 15 is 0 Å². The van der Waals surface area contributed by atoms with Crippen LogP contribution in [0.25, 0.3) is 0 Å². The van der Waals surface area contributed by atoms with Crippen LogP contribution in [0.4, 0.5) is 4.79 Å². The van der Waals surface area contributed by atoms with Crippen molar-refractivity contribution in [1.29, 1.82) is 0 Å². The number of aromatic nitrogens is 1. The molecular formula is C13H17N3O2. The van der Waals surface area contributed by atoms with Crippen LogP contribution in [0.5, 0.6) is 0 Å². The van der Waals surface area contributed by atoms with Gasteiger partial charge < -0.3 is 5.32 Å². The Morgan fingerprint density at radius 3 is 2.50 bits per heavy atom. The smallest absolute Gasteiger partial charge is 0.319 e. The van der Waals surface area contributed by atoms with Gasteiger partial charge in [0, 0.05) is 18.9 Å². The summed E-state index contributed by atoms with van der Waals surface area (Å²) in [5, 5.41) is 2.76. The van der Waals surface area contributed by atoms with Gasteiger partial charge in [0.25, 0.3) is 5.91 Å². The average Bonchev–Trinajstić information content (AvgIpc) is 2.55. The molecule has 0 bridgehead atoms. The van der Waals surface area contributed by atoms with E-state index in [0.29, 0.717) is 6.54 Å². The summed E-state index contributed by atoms with van der Waals surface area (Å²) in [5.74, 6) is 0.0480. The predicted octanol–water partition coefficient (Wildman–Crippen LogP) is 1.50. The summed E-state index contributed by atoms with van der Waals surface area (Å²) in [6, 6.07) is 3.17. The van der Waals surface area contributed by atoms with Crippen LogP contribution < -0.4 is 5.32 Å². The van der Waals surface area contributed by atoms with Crippen molar-refractivity contribution >= 4 is 11.9 Å². The zero-order chi connectivity index (χ0) is 13.3. The fourth-order valence-electron chi connectivity index (χ4n) is 2.11. The Kier molecular flexibility index (Phi) is 3.07. The minimum Gasteiger partial charge on any atom is -0.319 e. The SMILES string of the molecule is CC(C)CN1C(=O)NC(C)(c2ccncc2)C1=O. The Labute approximate surface area is 106 Å². The second kappa shape index (κ2) is 4.40. The topological polar surface area (TPSA) is 62.3 Å². The van der Waals surface area contributed by atoms with Crippen molar-refractivity contribution in [1.82, 2.24) is 15.2 Å². The summed E-state index contributed by atoms with van der Waals surface area (Å²) in [6.07, 6.45) is 3.23. The minimum absolute atomic E-state index is 0.201. The molecule has 18 heavy (non-hydrogen) atoms. The van der Waals surface area contributed by atoms with E-state index < -0.39 is 5.54 Å². The van der Waals surface area contributed by atoms with Crippen molar-refractivity contribution < 1.29 is 9.59 Å². The van der Waals surface area contributed by atoms with E-state index in [0.717, 1.165) is 5.56 Å². The molecule has 3 amide bonds. The average molecular weight is 247 g/mol. The molecule has 1 aliphatic rings. The van der Waals surface area contributed by atoms with Crippen molar-refractivity contribution in [2.45, 2.75) is 26.3 Å². The minimum atomic E-state index is -0.977. The standard InChI is InChI=1S/C13H17N3O2/c1-9(2)8-16-11(17)13(3,15-12(16)18)10-4-6-14-7-5-10/h4-7,9H,8H2,1-3H3,(H,15,18). The normalized spacial score (nSPS) is 23.7. The maximum atomic E-state index is 12.4. The molecule has 1 atom stereocenters. The largest absolute Gasteiger partial charge is 0.325 e. The zero-order valence-electron chi connectivity index (χ0n) is 10.8. The number of pyridine rings is 1. The lowest BCUT2D eigenvalue weighted by Crippen LogP contribution is -2.41. The lowest BCUT2D eigenvalue weighted by molar-refractivity contribution is -0.131. The van der Waals surface area contributed by atoms with Crippen LogP contribution in [-0.2, 0) is 10.3 Å². The monoisotopic (exact) mass is 247 g/mol. The first-order chi connectivity index (χ1) is 8.45. The van der Waals surface area contributed by atoms with Gasteiger partial charge in [-0.05, 0) is 30.5 Å². The van der Waals surface area contributed by atoms with E-state index in [9.17, 15) is 9.59 Å². The molecule has 1 unspecified atom stereocenters. The summed E-state index contributed by atoms with van der Waals surface area (Å²) >= 11 is 0. The van der Waals surface area contributed by atoms with Crippen molar-refractivity contribution in [2.75, 3.05) is 6.54 Å². The van der Waals surface area contributed by atoms with E-state index in [1.165, 1.54) is 4.90 Å². The number of imide groups is 1. The summed E-state index contributed by atoms with van der Waals surface area (Å²) in [6.45, 7) is 6.11. The Morgan fingerprint density at radius 1 is 1.33 bits per heavy atom. The second-order valence-corrected chi connectivity index (χ2v) is 5.10. The van der Waals surface area contributed by atoms with Crippen molar-refractivity contribution in [3.8, 4) is 0 Å². The summed E-state index contributed by atoms with van der Waals surface area (Å²) < 4.78 is 0. The quantitative estimate of drug-likeness (QED) is 0.823. The van der Waals surface area contributed by atoms with E-state index in [1.807, 2.05) is 13.8 Å². The van der Waals surface area contributed by atoms with Crippen LogP contribution in [0.1, 0.15) is 26.3 Å². The van der Waals surface area contributed by atoms with E-state index in [-0.39, 0.29) is 17.9 Å². The predicted molar refractivity (Wildman–Crippen MR) is 66.7 cm³/mol. The summed E-state index contributed by atoms with van der Waals surface area (Å²) in [5.41, 5.74) is -0.225. The number of nitrogens with one attached hydrogen (secondary N) is 1. The van der Waals surface area contributed by atoms with Gasteiger partial charge >= 0.3 is 6.03 Å². The Hall–Kier alpha value is -1.91. The highest BCUT2D eigenvalue weighted by atomic mass is 16.2. The van der Waals surface area contributed by atoms with Crippen LogP contribution in [0, 0.1) is 5.92 Å². The molecule has 1 aromatic rings. The molecule has 1 aliphatic heterocycles. The molecule has 1 fully saturated rings. The number of hydrogen-bond acceptors (Lipinski definition) is 3. The third kappa shape index (κ3) is 1.96. The van der Waals surface area contributed by atoms with E-state index in [4.69, 9.17) is 0 Å². The van der Waals surface area contributed by atoms with Crippen molar-refractivity contribution in [3.63, 3.8) is 0 Å². The van der Waals surface area contributed by atoms with Crippen molar-refractivity contribution in [2.24, 2.45) is 5.92 Å². The van der Waals surface area contributed by atoms with Gasteiger partial charge in [-0.1, -0.05) is 13.8 Å². The van der Waals surface area contributed by atoms with Gasteiger partial charge in [0.2, 0.25) is 0 Å². The van der Waals surface area contributed by atoms with Gasteiger partial charge in [-0.3, -0.25) is 14.7 Å². The molecule has 0 aromatic carbocycles. The van der Waals surface area contributed by atoms with Crippen LogP contribution in [0.3, 0.4) is 0 Å². The maximum Gasteiger partial charge on any atom is 0.325 e. The molecule has 0 spiro atoms. The van der Waals surface area contributed by atoms with Crippen LogP contribution >= 0.6 is 0 Å². The number of carbonyl (C=O) groups is 2. The fraction of sp³-hybridized carbons (Fsp3) is 0.462. The molecule has 5 heteroatoms. The molecule has 0 radical (unpaired) electrons. The highest BCUT2D eigenvalue weighted by molar-refractivity contribution is 6.07. The summed E-state index contributed by atoms with van der Waals surface area (Å²) in [7, 11) is 0. The number of hydrogen-bond donors (Lipinski definition) is 1. The van der Waals surface area contributed by atoms with Gasteiger partial charge in [0.15, 0.2) is 0 Å². The molecule has 2 rings (SSSR count). The lowest BCUT2D eigenvalue weighted by Gasteiger charge is -2.22. The number of amides is 3. The van der Waals surface area contributed by atoms with Crippen LogP contribution in [-0.4, -0.2) is 28.4 Å². The molecule has 0 saturated carbocycles. The van der Waals surface area contributed by atoms with Crippen molar-refractivity contribution in [3.05, 3.63) is 30.1 Å². The van der Waals surface area contributed by atoms with E-state index in [2.05, 4.69) is 10.3 Å². The molecule has 2 heterocycles. The molecule has 5 nitrogen and oxygen atoms in total. The fourth-order valence-corrected chi connectivity index (χ4v) is 2.11. The maximum absolute atomic E-state index is 12.4. The molecule has 1 aromatic heterocycles. The van der Waals surface area contributed by atoms with Gasteiger partial charge in [-0.2, -0.15) is 0 Å². The number of carbonyl (C=O) groups excluding carboxylic acids is 2. The highest BCUT2D eigenvalue weighted by Gasteiger charge is 2.48. The number of nitrogens with zero attached hydrogens (tertiary/aromatic N) is 2. The van der Waals surface area contributed by atoms with Crippen LogP contribution in [0.2, 0.25) is 0 Å². The van der Waals surface area contributed by atoms with Gasteiger partial charge in [0.05, 0.1) is 0 Å². The Bertz CT molecular complexity index is 472. The molecular weight excluding hydrogens is 230 g/mol. The first kappa shape index (κ1) is 12.5. The zero-order valence-corrected chi connectivity index (χ0v) is 10.8. The third-order valence-electron chi connectivity index (χ3n) is 3.08. The molecule has 96 valence electrons. The first-order valence-electron chi connectivity index (χ1n) is 6.00. The molecule has 0 aliphatic carbocycles. The second-order valence-electron chi connectivity index (χ2n) is 5.10. The third-order valence-corrected chi connectivity index (χ3v) is 3.08. The molecule has 1 N–H and O–H groups in total. The Balaban J connectivity index is 2.32. The van der Waals surface area contributed by atoms with Gasteiger partial charge in [-0.25, -0.2) is 4.79 Å². The first-order valence-corrected chi connectivity index (χ1v) is 6.00. The van der Waals surface area contributed by atoms with Crippen LogP contribution in [0.15, 0.2) is 24.5 Å². The summed E-state index contributed by atoms with van der Waals surface area (Å²) in [4.78, 5) is 29.5. The van der Waals surface area contributed by atoms with Gasteiger partial charge in [-0.15, -0.1) is 0 Å². The number of rotatable bonds is 3. The lowest BCUT2D eigenvalue weighted by atomic mass is 9.93. The molecule has 1 saturated heterocycles. The van der Waals surface area contributed by atoms with E-state index in [1.54, 1.807) is 31.5 Å². The number of urea groups is 1. The Morgan fingerprint density at radius 2 is 1.94 bits per heavy atom.